The second kappa shape index (κ2) is 3.88. The highest BCUT2D eigenvalue weighted by Crippen LogP contribution is 2.38. The molecule has 2 saturated heterocycles. The van der Waals surface area contributed by atoms with Gasteiger partial charge in [-0.05, 0) is 31.0 Å². The van der Waals surface area contributed by atoms with Crippen molar-refractivity contribution in [3.8, 4) is 0 Å². The molecule has 2 heterocycles. The molecule has 0 saturated carbocycles. The lowest BCUT2D eigenvalue weighted by Gasteiger charge is -2.36. The monoisotopic (exact) mass is 279 g/mol. The molecule has 0 spiro atoms. The van der Waals surface area contributed by atoms with Crippen LogP contribution in [0.15, 0.2) is 28.7 Å². The largest absolute Gasteiger partial charge is 0.365 e. The van der Waals surface area contributed by atoms with Crippen LogP contribution in [0.2, 0.25) is 0 Å². The van der Waals surface area contributed by atoms with Gasteiger partial charge in [-0.15, -0.1) is 0 Å². The molecule has 16 heavy (non-hydrogen) atoms. The summed E-state index contributed by atoms with van der Waals surface area (Å²) in [5.41, 5.74) is 1.26. The molecule has 0 amide bonds. The van der Waals surface area contributed by atoms with Crippen LogP contribution in [-0.2, 0) is 4.79 Å². The van der Waals surface area contributed by atoms with Gasteiger partial charge in [0.1, 0.15) is 5.78 Å². The minimum atomic E-state index is 0.443. The zero-order valence-corrected chi connectivity index (χ0v) is 10.6. The van der Waals surface area contributed by atoms with Crippen molar-refractivity contribution in [2.45, 2.75) is 37.8 Å². The van der Waals surface area contributed by atoms with Crippen molar-refractivity contribution in [1.29, 1.82) is 0 Å². The van der Waals surface area contributed by atoms with Gasteiger partial charge in [0, 0.05) is 35.1 Å². The van der Waals surface area contributed by atoms with Crippen LogP contribution in [-0.4, -0.2) is 17.9 Å². The fourth-order valence-electron chi connectivity index (χ4n) is 3.03. The van der Waals surface area contributed by atoms with Gasteiger partial charge in [0.15, 0.2) is 0 Å². The first-order chi connectivity index (χ1) is 7.74. The van der Waals surface area contributed by atoms with Crippen LogP contribution in [0.5, 0.6) is 0 Å². The summed E-state index contributed by atoms with van der Waals surface area (Å²) in [4.78, 5) is 14.0. The van der Waals surface area contributed by atoms with Crippen molar-refractivity contribution in [3.05, 3.63) is 28.7 Å². The first-order valence-corrected chi connectivity index (χ1v) is 6.59. The number of hydrogen-bond donors (Lipinski definition) is 0. The Morgan fingerprint density at radius 2 is 1.88 bits per heavy atom. The summed E-state index contributed by atoms with van der Waals surface area (Å²) >= 11 is 3.51. The second-order valence-corrected chi connectivity index (χ2v) is 5.63. The van der Waals surface area contributed by atoms with E-state index >= 15 is 0 Å². The van der Waals surface area contributed by atoms with Crippen LogP contribution in [0.25, 0.3) is 0 Å². The Morgan fingerprint density at radius 3 is 2.50 bits per heavy atom. The van der Waals surface area contributed by atoms with Crippen molar-refractivity contribution in [2.24, 2.45) is 0 Å². The van der Waals surface area contributed by atoms with Crippen molar-refractivity contribution < 1.29 is 4.79 Å². The summed E-state index contributed by atoms with van der Waals surface area (Å²) in [6.07, 6.45) is 3.82. The molecule has 0 aliphatic carbocycles. The topological polar surface area (TPSA) is 20.3 Å². The first-order valence-electron chi connectivity index (χ1n) is 5.79. The zero-order valence-electron chi connectivity index (χ0n) is 9.03. The number of fused-ring (bicyclic) bond motifs is 2. The molecule has 2 atom stereocenters. The van der Waals surface area contributed by atoms with Gasteiger partial charge in [-0.1, -0.05) is 22.0 Å². The van der Waals surface area contributed by atoms with Gasteiger partial charge in [-0.25, -0.2) is 0 Å². The highest BCUT2D eigenvalue weighted by molar-refractivity contribution is 9.10. The van der Waals surface area contributed by atoms with E-state index in [-0.39, 0.29) is 0 Å². The number of halogens is 1. The van der Waals surface area contributed by atoms with E-state index in [1.54, 1.807) is 0 Å². The summed E-state index contributed by atoms with van der Waals surface area (Å²) in [6.45, 7) is 0. The van der Waals surface area contributed by atoms with E-state index in [9.17, 15) is 4.79 Å². The third kappa shape index (κ3) is 1.67. The van der Waals surface area contributed by atoms with E-state index in [1.807, 2.05) is 6.07 Å². The third-order valence-electron chi connectivity index (χ3n) is 3.65. The quantitative estimate of drug-likeness (QED) is 0.787. The summed E-state index contributed by atoms with van der Waals surface area (Å²) in [6, 6.07) is 9.30. The van der Waals surface area contributed by atoms with E-state index in [2.05, 4.69) is 39.0 Å². The lowest BCUT2D eigenvalue weighted by atomic mass is 10.0. The van der Waals surface area contributed by atoms with Gasteiger partial charge in [0.05, 0.1) is 0 Å². The van der Waals surface area contributed by atoms with Crippen molar-refractivity contribution in [1.82, 2.24) is 0 Å². The molecule has 1 aromatic carbocycles. The molecule has 2 bridgehead atoms. The van der Waals surface area contributed by atoms with Crippen LogP contribution in [0, 0.1) is 0 Å². The molecule has 0 aromatic heterocycles. The lowest BCUT2D eigenvalue weighted by molar-refractivity contribution is -0.120. The van der Waals surface area contributed by atoms with E-state index in [0.717, 1.165) is 17.3 Å². The molecule has 2 unspecified atom stereocenters. The summed E-state index contributed by atoms with van der Waals surface area (Å²) in [5, 5.41) is 0. The van der Waals surface area contributed by atoms with Crippen molar-refractivity contribution in [2.75, 3.05) is 4.90 Å². The average Bonchev–Trinajstić information content (AvgIpc) is 2.51. The molecular weight excluding hydrogens is 266 g/mol. The third-order valence-corrected chi connectivity index (χ3v) is 4.15. The van der Waals surface area contributed by atoms with Crippen molar-refractivity contribution in [3.63, 3.8) is 0 Å². The number of carbonyl (C=O) groups is 1. The van der Waals surface area contributed by atoms with Gasteiger partial charge in [-0.2, -0.15) is 0 Å². The van der Waals surface area contributed by atoms with Crippen LogP contribution < -0.4 is 4.90 Å². The Labute approximate surface area is 104 Å². The Kier molecular flexibility index (Phi) is 2.51. The minimum absolute atomic E-state index is 0.443. The number of anilines is 1. The molecule has 2 nitrogen and oxygen atoms in total. The smallest absolute Gasteiger partial charge is 0.137 e. The van der Waals surface area contributed by atoms with Gasteiger partial charge in [0.25, 0.3) is 0 Å². The highest BCUT2D eigenvalue weighted by Gasteiger charge is 2.39. The summed E-state index contributed by atoms with van der Waals surface area (Å²) in [5.74, 6) is 0.443. The molecule has 1 aromatic rings. The predicted octanol–water partition coefficient (Wildman–Crippen LogP) is 3.15. The van der Waals surface area contributed by atoms with E-state index in [1.165, 1.54) is 18.5 Å². The average molecular weight is 280 g/mol. The predicted molar refractivity (Wildman–Crippen MR) is 67.7 cm³/mol. The molecular formula is C13H14BrNO. The zero-order chi connectivity index (χ0) is 11.1. The molecule has 2 fully saturated rings. The number of benzene rings is 1. The second-order valence-electron chi connectivity index (χ2n) is 4.72. The maximum absolute atomic E-state index is 11.5. The standard InChI is InChI=1S/C13H14BrNO/c14-9-2-1-3-10(6-9)15-11-4-5-12(15)8-13(16)7-11/h1-3,6,11-12H,4-5,7-8H2. The lowest BCUT2D eigenvalue weighted by Crippen LogP contribution is -2.43. The van der Waals surface area contributed by atoms with Gasteiger partial charge >= 0.3 is 0 Å². The Morgan fingerprint density at radius 1 is 1.19 bits per heavy atom. The molecule has 2 aliphatic rings. The number of piperidine rings is 1. The number of rotatable bonds is 1. The number of hydrogen-bond acceptors (Lipinski definition) is 2. The Balaban J connectivity index is 1.94. The minimum Gasteiger partial charge on any atom is -0.365 e. The Hall–Kier alpha value is -0.830. The highest BCUT2D eigenvalue weighted by atomic mass is 79.9. The van der Waals surface area contributed by atoms with Crippen molar-refractivity contribution >= 4 is 27.4 Å². The molecule has 3 heteroatoms. The van der Waals surface area contributed by atoms with E-state index in [4.69, 9.17) is 0 Å². The van der Waals surface area contributed by atoms with Crippen LogP contribution in [0.4, 0.5) is 5.69 Å². The maximum atomic E-state index is 11.5. The number of carbonyl (C=O) groups excluding carboxylic acids is 1. The summed E-state index contributed by atoms with van der Waals surface area (Å²) < 4.78 is 1.11. The number of nitrogens with zero attached hydrogens (tertiary/aromatic N) is 1. The fourth-order valence-corrected chi connectivity index (χ4v) is 3.42. The number of ketones is 1. The molecule has 0 N–H and O–H groups in total. The molecule has 2 aliphatic heterocycles. The molecule has 0 radical (unpaired) electrons. The number of Topliss-reactive ketones (excluding diaryl/α,β-unsaturated/α-hetero) is 1. The van der Waals surface area contributed by atoms with Gasteiger partial charge in [0.2, 0.25) is 0 Å². The van der Waals surface area contributed by atoms with Gasteiger partial charge in [-0.3, -0.25) is 4.79 Å². The fraction of sp³-hybridized carbons (Fsp3) is 0.462. The van der Waals surface area contributed by atoms with Crippen LogP contribution in [0.1, 0.15) is 25.7 Å². The van der Waals surface area contributed by atoms with Gasteiger partial charge < -0.3 is 4.90 Å². The first kappa shape index (κ1) is 10.3. The normalized spacial score (nSPS) is 28.6. The molecule has 84 valence electrons. The maximum Gasteiger partial charge on any atom is 0.137 e. The van der Waals surface area contributed by atoms with Crippen LogP contribution >= 0.6 is 15.9 Å². The Bertz CT molecular complexity index is 416. The SMILES string of the molecule is O=C1CC2CCC(C1)N2c1cccc(Br)c1. The van der Waals surface area contributed by atoms with E-state index in [0.29, 0.717) is 17.9 Å². The summed E-state index contributed by atoms with van der Waals surface area (Å²) in [7, 11) is 0. The van der Waals surface area contributed by atoms with E-state index < -0.39 is 0 Å². The molecule has 3 rings (SSSR count). The van der Waals surface area contributed by atoms with Crippen LogP contribution in [0.3, 0.4) is 0 Å².